The Morgan fingerprint density at radius 1 is 1.19 bits per heavy atom. The number of nitrogens with one attached hydrogen (secondary N) is 2. The van der Waals surface area contributed by atoms with Gasteiger partial charge in [0.1, 0.15) is 11.6 Å². The molecule has 3 heterocycles. The Kier molecular flexibility index (Phi) is 7.46. The number of aromatic nitrogens is 2. The molecule has 2 aliphatic rings. The summed E-state index contributed by atoms with van der Waals surface area (Å²) in [6.45, 7) is 8.02. The molecule has 1 atom stereocenters. The van der Waals surface area contributed by atoms with E-state index in [1.807, 2.05) is 0 Å². The zero-order valence-corrected chi connectivity index (χ0v) is 17.4. The summed E-state index contributed by atoms with van der Waals surface area (Å²) in [6, 6.07) is 2.14. The summed E-state index contributed by atoms with van der Waals surface area (Å²) in [5, 5.41) is 6.93. The fourth-order valence-electron chi connectivity index (χ4n) is 3.71. The van der Waals surface area contributed by atoms with E-state index >= 15 is 0 Å². The van der Waals surface area contributed by atoms with Gasteiger partial charge in [-0.1, -0.05) is 6.92 Å². The third-order valence-corrected chi connectivity index (χ3v) is 5.39. The summed E-state index contributed by atoms with van der Waals surface area (Å²) in [7, 11) is 1.71. The number of methoxy groups -OCH3 is 1. The average molecular weight is 393 g/mol. The second-order valence-corrected chi connectivity index (χ2v) is 7.93. The zero-order valence-electron chi connectivity index (χ0n) is 16.5. The van der Waals surface area contributed by atoms with E-state index < -0.39 is 0 Å². The van der Waals surface area contributed by atoms with Crippen LogP contribution in [0.25, 0.3) is 0 Å². The van der Waals surface area contributed by atoms with Crippen LogP contribution in [0.3, 0.4) is 0 Å². The van der Waals surface area contributed by atoms with Crippen LogP contribution in [0.2, 0.25) is 0 Å². The number of nitrogens with zero attached hydrogens (tertiary/aromatic N) is 4. The SMILES string of the molecule is COCCCNC(=S)Nc1nc(N2CCCC2)cc(N2CCC[C@H](C)C2)n1. The molecule has 0 radical (unpaired) electrons. The molecular formula is C19H32N6OS. The highest BCUT2D eigenvalue weighted by atomic mass is 32.1. The molecule has 0 saturated carbocycles. The van der Waals surface area contributed by atoms with Gasteiger partial charge in [0.05, 0.1) is 0 Å². The summed E-state index contributed by atoms with van der Waals surface area (Å²) in [6.07, 6.45) is 5.86. The number of piperidine rings is 1. The van der Waals surface area contributed by atoms with Gasteiger partial charge in [0.15, 0.2) is 5.11 Å². The zero-order chi connectivity index (χ0) is 19.1. The van der Waals surface area contributed by atoms with E-state index in [1.165, 1.54) is 25.7 Å². The van der Waals surface area contributed by atoms with Gasteiger partial charge >= 0.3 is 0 Å². The molecule has 0 aliphatic carbocycles. The summed E-state index contributed by atoms with van der Waals surface area (Å²) >= 11 is 5.41. The molecule has 0 bridgehead atoms. The number of ether oxygens (including phenoxy) is 1. The van der Waals surface area contributed by atoms with E-state index in [9.17, 15) is 0 Å². The smallest absolute Gasteiger partial charge is 0.232 e. The maximum absolute atomic E-state index is 5.41. The van der Waals surface area contributed by atoms with Gasteiger partial charge in [-0.2, -0.15) is 9.97 Å². The largest absolute Gasteiger partial charge is 0.385 e. The van der Waals surface area contributed by atoms with Crippen LogP contribution >= 0.6 is 12.2 Å². The summed E-state index contributed by atoms with van der Waals surface area (Å²) in [5.74, 6) is 3.28. The van der Waals surface area contributed by atoms with Crippen molar-refractivity contribution in [2.24, 2.45) is 5.92 Å². The van der Waals surface area contributed by atoms with Crippen molar-refractivity contribution in [1.29, 1.82) is 0 Å². The van der Waals surface area contributed by atoms with E-state index in [0.717, 1.165) is 50.8 Å². The van der Waals surface area contributed by atoms with Gasteiger partial charge in [0.2, 0.25) is 5.95 Å². The monoisotopic (exact) mass is 392 g/mol. The van der Waals surface area contributed by atoms with Crippen LogP contribution in [0.4, 0.5) is 17.6 Å². The highest BCUT2D eigenvalue weighted by Gasteiger charge is 2.21. The molecule has 8 heteroatoms. The maximum atomic E-state index is 5.41. The molecule has 3 rings (SSSR count). The normalized spacial score (nSPS) is 20.0. The fraction of sp³-hybridized carbons (Fsp3) is 0.737. The Bertz CT molecular complexity index is 622. The van der Waals surface area contributed by atoms with Crippen LogP contribution in [-0.2, 0) is 4.74 Å². The van der Waals surface area contributed by atoms with E-state index in [-0.39, 0.29) is 0 Å². The molecule has 150 valence electrons. The fourth-order valence-corrected chi connectivity index (χ4v) is 3.90. The Morgan fingerprint density at radius 2 is 1.89 bits per heavy atom. The Balaban J connectivity index is 1.72. The maximum Gasteiger partial charge on any atom is 0.232 e. The predicted octanol–water partition coefficient (Wildman–Crippen LogP) is 2.64. The van der Waals surface area contributed by atoms with Crippen LogP contribution in [0.5, 0.6) is 0 Å². The highest BCUT2D eigenvalue weighted by molar-refractivity contribution is 7.80. The number of thiocarbonyl (C=S) groups is 1. The van der Waals surface area contributed by atoms with Gasteiger partial charge in [-0.3, -0.25) is 0 Å². The standard InChI is InChI=1S/C19H32N6OS/c1-15-7-5-11-25(14-15)17-13-16(24-9-3-4-10-24)21-18(22-17)23-19(27)20-8-6-12-26-2/h13,15H,3-12,14H2,1-2H3,(H2,20,21,22,23,27)/t15-/m0/s1. The topological polar surface area (TPSA) is 65.6 Å². The van der Waals surface area contributed by atoms with E-state index in [4.69, 9.17) is 26.9 Å². The molecule has 27 heavy (non-hydrogen) atoms. The number of hydrogen-bond acceptors (Lipinski definition) is 6. The van der Waals surface area contributed by atoms with E-state index in [2.05, 4.69) is 33.4 Å². The first-order chi connectivity index (χ1) is 13.2. The first-order valence-electron chi connectivity index (χ1n) is 10.1. The van der Waals surface area contributed by atoms with Crippen LogP contribution in [0.15, 0.2) is 6.07 Å². The minimum Gasteiger partial charge on any atom is -0.385 e. The molecule has 1 aromatic heterocycles. The average Bonchev–Trinajstić information content (AvgIpc) is 3.20. The van der Waals surface area contributed by atoms with Crippen LogP contribution in [0.1, 0.15) is 39.0 Å². The molecular weight excluding hydrogens is 360 g/mol. The predicted molar refractivity (Wildman–Crippen MR) is 115 cm³/mol. The highest BCUT2D eigenvalue weighted by Crippen LogP contribution is 2.27. The second-order valence-electron chi connectivity index (χ2n) is 7.52. The lowest BCUT2D eigenvalue weighted by molar-refractivity contribution is 0.196. The molecule has 2 saturated heterocycles. The second kappa shape index (κ2) is 10.0. The molecule has 0 amide bonds. The Morgan fingerprint density at radius 3 is 2.59 bits per heavy atom. The summed E-state index contributed by atoms with van der Waals surface area (Å²) < 4.78 is 5.07. The lowest BCUT2D eigenvalue weighted by Gasteiger charge is -2.32. The molecule has 2 N–H and O–H groups in total. The Labute approximate surface area is 167 Å². The molecule has 0 spiro atoms. The molecule has 2 aliphatic heterocycles. The lowest BCUT2D eigenvalue weighted by Crippen LogP contribution is -2.36. The van der Waals surface area contributed by atoms with Crippen molar-refractivity contribution >= 4 is 34.9 Å². The molecule has 2 fully saturated rings. The quantitative estimate of drug-likeness (QED) is 0.542. The van der Waals surface area contributed by atoms with Gasteiger partial charge < -0.3 is 25.2 Å². The van der Waals surface area contributed by atoms with Crippen LogP contribution < -0.4 is 20.4 Å². The van der Waals surface area contributed by atoms with E-state index in [0.29, 0.717) is 23.6 Å². The van der Waals surface area contributed by atoms with Crippen LogP contribution in [-0.4, -0.2) is 61.5 Å². The van der Waals surface area contributed by atoms with Crippen molar-refractivity contribution in [3.05, 3.63) is 6.07 Å². The Hall–Kier alpha value is -1.67. The summed E-state index contributed by atoms with van der Waals surface area (Å²) in [4.78, 5) is 14.2. The number of rotatable bonds is 7. The van der Waals surface area contributed by atoms with Gasteiger partial charge in [0, 0.05) is 52.5 Å². The van der Waals surface area contributed by atoms with Crippen molar-refractivity contribution < 1.29 is 4.74 Å². The third kappa shape index (κ3) is 5.90. The minimum absolute atomic E-state index is 0.558. The molecule has 7 nitrogen and oxygen atoms in total. The number of hydrogen-bond donors (Lipinski definition) is 2. The number of anilines is 3. The molecule has 1 aromatic rings. The van der Waals surface area contributed by atoms with Crippen molar-refractivity contribution in [2.45, 2.75) is 39.0 Å². The van der Waals surface area contributed by atoms with Gasteiger partial charge in [-0.25, -0.2) is 0 Å². The first kappa shape index (κ1) is 20.1. The van der Waals surface area contributed by atoms with E-state index in [1.54, 1.807) is 7.11 Å². The molecule has 0 unspecified atom stereocenters. The van der Waals surface area contributed by atoms with Gasteiger partial charge in [-0.15, -0.1) is 0 Å². The van der Waals surface area contributed by atoms with Crippen LogP contribution in [0, 0.1) is 5.92 Å². The third-order valence-electron chi connectivity index (χ3n) is 5.15. The van der Waals surface area contributed by atoms with Gasteiger partial charge in [-0.05, 0) is 50.2 Å². The van der Waals surface area contributed by atoms with Crippen molar-refractivity contribution in [2.75, 3.05) is 61.6 Å². The first-order valence-corrected chi connectivity index (χ1v) is 10.5. The summed E-state index contributed by atoms with van der Waals surface area (Å²) in [5.41, 5.74) is 0. The minimum atomic E-state index is 0.558. The van der Waals surface area contributed by atoms with Crippen molar-refractivity contribution in [3.8, 4) is 0 Å². The lowest BCUT2D eigenvalue weighted by atomic mass is 10.0. The van der Waals surface area contributed by atoms with Crippen molar-refractivity contribution in [3.63, 3.8) is 0 Å². The molecule has 0 aromatic carbocycles. The van der Waals surface area contributed by atoms with Gasteiger partial charge in [0.25, 0.3) is 0 Å². The van der Waals surface area contributed by atoms with Crippen molar-refractivity contribution in [1.82, 2.24) is 15.3 Å².